The molecule has 0 aromatic carbocycles. The lowest BCUT2D eigenvalue weighted by Crippen LogP contribution is -2.56. The van der Waals surface area contributed by atoms with Crippen molar-refractivity contribution in [3.8, 4) is 0 Å². The summed E-state index contributed by atoms with van der Waals surface area (Å²) in [6.07, 6.45) is 3.74. The van der Waals surface area contributed by atoms with Gasteiger partial charge < -0.3 is 5.73 Å². The second-order valence-corrected chi connectivity index (χ2v) is 7.74. The minimum absolute atomic E-state index is 0.0494. The van der Waals surface area contributed by atoms with E-state index in [1.807, 2.05) is 0 Å². The molecule has 2 heterocycles. The molecule has 0 aliphatic carbocycles. The first kappa shape index (κ1) is 16.7. The zero-order valence-electron chi connectivity index (χ0n) is 12.8. The maximum absolute atomic E-state index is 12.5. The number of nitrogens with two attached hydrogens (primary N) is 1. The summed E-state index contributed by atoms with van der Waals surface area (Å²) in [4.78, 5) is 2.14. The van der Waals surface area contributed by atoms with Gasteiger partial charge in [-0.15, -0.1) is 0 Å². The van der Waals surface area contributed by atoms with Gasteiger partial charge in [-0.3, -0.25) is 10.3 Å². The Hall–Kier alpha value is -0.700. The number of hydrogen-bond donors (Lipinski definition) is 2. The Labute approximate surface area is 127 Å². The Morgan fingerprint density at radius 3 is 2.10 bits per heavy atom. The molecule has 0 saturated carbocycles. The number of rotatable bonds is 6. The molecule has 0 bridgehead atoms. The lowest BCUT2D eigenvalue weighted by molar-refractivity contribution is 0.156. The Morgan fingerprint density at radius 1 is 1.10 bits per heavy atom. The fourth-order valence-electron chi connectivity index (χ4n) is 3.14. The molecule has 122 valence electrons. The van der Waals surface area contributed by atoms with Gasteiger partial charge in [-0.05, 0) is 19.3 Å². The summed E-state index contributed by atoms with van der Waals surface area (Å²) in [5, 5.41) is 7.70. The van der Waals surface area contributed by atoms with Crippen molar-refractivity contribution in [2.24, 2.45) is 5.73 Å². The Bertz CT molecular complexity index is 453. The third-order valence-electron chi connectivity index (χ3n) is 4.35. The highest BCUT2D eigenvalue weighted by Crippen LogP contribution is 2.19. The SMILES string of the molecule is CCCC(C(=N)N)N1CCN(S(=O)(=O)N2CCCC2)CC1. The largest absolute Gasteiger partial charge is 0.386 e. The van der Waals surface area contributed by atoms with Gasteiger partial charge in [0.15, 0.2) is 0 Å². The van der Waals surface area contributed by atoms with Crippen molar-refractivity contribution in [2.75, 3.05) is 39.3 Å². The van der Waals surface area contributed by atoms with Crippen molar-refractivity contribution >= 4 is 16.0 Å². The van der Waals surface area contributed by atoms with E-state index in [0.717, 1.165) is 25.7 Å². The second kappa shape index (κ2) is 7.04. The molecule has 2 aliphatic heterocycles. The number of nitrogens with zero attached hydrogens (tertiary/aromatic N) is 3. The summed E-state index contributed by atoms with van der Waals surface area (Å²) < 4.78 is 28.2. The average molecular weight is 317 g/mol. The van der Waals surface area contributed by atoms with Crippen LogP contribution in [0.25, 0.3) is 0 Å². The summed E-state index contributed by atoms with van der Waals surface area (Å²) >= 11 is 0. The van der Waals surface area contributed by atoms with E-state index in [2.05, 4.69) is 11.8 Å². The van der Waals surface area contributed by atoms with Crippen LogP contribution >= 0.6 is 0 Å². The molecular formula is C13H27N5O2S. The molecule has 3 N–H and O–H groups in total. The molecule has 8 heteroatoms. The first-order valence-corrected chi connectivity index (χ1v) is 9.19. The van der Waals surface area contributed by atoms with Gasteiger partial charge in [0, 0.05) is 39.3 Å². The molecule has 2 aliphatic rings. The standard InChI is InChI=1S/C13H27N5O2S/c1-2-5-12(13(14)15)16-8-10-18(11-9-16)21(19,20)17-6-3-4-7-17/h12H,2-11H2,1H3,(H3,14,15). The zero-order valence-corrected chi connectivity index (χ0v) is 13.6. The highest BCUT2D eigenvalue weighted by atomic mass is 32.2. The molecular weight excluding hydrogens is 290 g/mol. The van der Waals surface area contributed by atoms with E-state index in [4.69, 9.17) is 11.1 Å². The number of amidine groups is 1. The van der Waals surface area contributed by atoms with Crippen LogP contribution in [0.3, 0.4) is 0 Å². The summed E-state index contributed by atoms with van der Waals surface area (Å²) in [7, 11) is -3.29. The Morgan fingerprint density at radius 2 is 1.62 bits per heavy atom. The normalized spacial score (nSPS) is 24.2. The summed E-state index contributed by atoms with van der Waals surface area (Å²) in [6, 6.07) is -0.0494. The number of nitrogens with one attached hydrogen (secondary N) is 1. The molecule has 2 rings (SSSR count). The van der Waals surface area contributed by atoms with Crippen LogP contribution < -0.4 is 5.73 Å². The first-order chi connectivity index (χ1) is 9.96. The lowest BCUT2D eigenvalue weighted by Gasteiger charge is -2.39. The fourth-order valence-corrected chi connectivity index (χ4v) is 4.81. The average Bonchev–Trinajstić information content (AvgIpc) is 2.99. The van der Waals surface area contributed by atoms with E-state index in [9.17, 15) is 8.42 Å². The van der Waals surface area contributed by atoms with Crippen LogP contribution in [0.1, 0.15) is 32.6 Å². The highest BCUT2D eigenvalue weighted by molar-refractivity contribution is 7.86. The maximum atomic E-state index is 12.5. The van der Waals surface area contributed by atoms with Crippen LogP contribution in [-0.4, -0.2) is 73.1 Å². The third-order valence-corrected chi connectivity index (χ3v) is 6.39. The van der Waals surface area contributed by atoms with Crippen molar-refractivity contribution < 1.29 is 8.42 Å². The predicted octanol–water partition coefficient (Wildman–Crippen LogP) is 0.0493. The van der Waals surface area contributed by atoms with Crippen LogP contribution in [0.5, 0.6) is 0 Å². The van der Waals surface area contributed by atoms with E-state index < -0.39 is 10.2 Å². The van der Waals surface area contributed by atoms with Crippen molar-refractivity contribution in [1.29, 1.82) is 5.41 Å². The van der Waals surface area contributed by atoms with E-state index in [0.29, 0.717) is 39.3 Å². The monoisotopic (exact) mass is 317 g/mol. The molecule has 1 atom stereocenters. The van der Waals surface area contributed by atoms with Gasteiger partial charge in [0.1, 0.15) is 5.84 Å². The highest BCUT2D eigenvalue weighted by Gasteiger charge is 2.35. The van der Waals surface area contributed by atoms with Crippen molar-refractivity contribution in [3.05, 3.63) is 0 Å². The van der Waals surface area contributed by atoms with Gasteiger partial charge in [0.25, 0.3) is 10.2 Å². The Kier molecular flexibility index (Phi) is 5.59. The zero-order chi connectivity index (χ0) is 15.5. The van der Waals surface area contributed by atoms with Crippen molar-refractivity contribution in [3.63, 3.8) is 0 Å². The molecule has 0 aromatic rings. The third kappa shape index (κ3) is 3.74. The fraction of sp³-hybridized carbons (Fsp3) is 0.923. The molecule has 0 radical (unpaired) electrons. The predicted molar refractivity (Wildman–Crippen MR) is 83.5 cm³/mol. The quantitative estimate of drug-likeness (QED) is 0.535. The molecule has 2 fully saturated rings. The molecule has 1 unspecified atom stereocenters. The van der Waals surface area contributed by atoms with Gasteiger partial charge in [-0.25, -0.2) is 0 Å². The number of hydrogen-bond acceptors (Lipinski definition) is 4. The second-order valence-electron chi connectivity index (χ2n) is 5.81. The van der Waals surface area contributed by atoms with Crippen LogP contribution in [0.15, 0.2) is 0 Å². The van der Waals surface area contributed by atoms with Crippen molar-refractivity contribution in [2.45, 2.75) is 38.6 Å². The number of piperazine rings is 1. The van der Waals surface area contributed by atoms with E-state index in [1.165, 1.54) is 0 Å². The molecule has 0 aromatic heterocycles. The van der Waals surface area contributed by atoms with E-state index in [-0.39, 0.29) is 11.9 Å². The summed E-state index contributed by atoms with van der Waals surface area (Å²) in [5.74, 6) is 0.188. The van der Waals surface area contributed by atoms with Gasteiger partial charge in [0.2, 0.25) is 0 Å². The minimum Gasteiger partial charge on any atom is -0.386 e. The van der Waals surface area contributed by atoms with Crippen LogP contribution in [-0.2, 0) is 10.2 Å². The van der Waals surface area contributed by atoms with Gasteiger partial charge in [-0.2, -0.15) is 17.0 Å². The van der Waals surface area contributed by atoms with Crippen molar-refractivity contribution in [1.82, 2.24) is 13.5 Å². The lowest BCUT2D eigenvalue weighted by atomic mass is 10.1. The smallest absolute Gasteiger partial charge is 0.282 e. The van der Waals surface area contributed by atoms with Crippen LogP contribution in [0.4, 0.5) is 0 Å². The summed E-state index contributed by atoms with van der Waals surface area (Å²) in [5.41, 5.74) is 5.68. The van der Waals surface area contributed by atoms with Crippen LogP contribution in [0.2, 0.25) is 0 Å². The summed E-state index contributed by atoms with van der Waals surface area (Å²) in [6.45, 7) is 5.65. The van der Waals surface area contributed by atoms with E-state index in [1.54, 1.807) is 8.61 Å². The molecule has 2 saturated heterocycles. The van der Waals surface area contributed by atoms with Gasteiger partial charge >= 0.3 is 0 Å². The molecule has 0 spiro atoms. The van der Waals surface area contributed by atoms with E-state index >= 15 is 0 Å². The van der Waals surface area contributed by atoms with Gasteiger partial charge in [0.05, 0.1) is 6.04 Å². The molecule has 7 nitrogen and oxygen atoms in total. The Balaban J connectivity index is 1.94. The molecule has 21 heavy (non-hydrogen) atoms. The first-order valence-electron chi connectivity index (χ1n) is 7.80. The maximum Gasteiger partial charge on any atom is 0.282 e. The minimum atomic E-state index is -3.29. The molecule has 0 amide bonds. The van der Waals surface area contributed by atoms with Crippen LogP contribution in [0, 0.1) is 5.41 Å². The van der Waals surface area contributed by atoms with Gasteiger partial charge in [-0.1, -0.05) is 13.3 Å². The topological polar surface area (TPSA) is 93.7 Å².